The monoisotopic (exact) mass is 338 g/mol. The number of benzene rings is 2. The fraction of sp³-hybridized carbons (Fsp3) is 0.250. The SMILES string of the molecule is Cc1cccc(Oc2cn[nH]c2-c2ccc(OCC(C)C)cc2O)c1. The minimum atomic E-state index is 0.111. The third-order valence-corrected chi connectivity index (χ3v) is 3.64. The smallest absolute Gasteiger partial charge is 0.173 e. The quantitative estimate of drug-likeness (QED) is 0.669. The first-order valence-electron chi connectivity index (χ1n) is 8.27. The summed E-state index contributed by atoms with van der Waals surface area (Å²) in [5.41, 5.74) is 2.34. The second-order valence-corrected chi connectivity index (χ2v) is 6.41. The molecule has 0 spiro atoms. The fourth-order valence-electron chi connectivity index (χ4n) is 2.43. The second kappa shape index (κ2) is 7.30. The molecule has 0 atom stereocenters. The van der Waals surface area contributed by atoms with E-state index in [2.05, 4.69) is 24.0 Å². The molecule has 5 nitrogen and oxygen atoms in total. The first-order chi connectivity index (χ1) is 12.0. The molecular formula is C20H22N2O3. The van der Waals surface area contributed by atoms with Gasteiger partial charge in [-0.25, -0.2) is 0 Å². The Labute approximate surface area is 147 Å². The lowest BCUT2D eigenvalue weighted by Crippen LogP contribution is -2.04. The van der Waals surface area contributed by atoms with Gasteiger partial charge in [0.05, 0.1) is 12.8 Å². The summed E-state index contributed by atoms with van der Waals surface area (Å²) in [7, 11) is 0. The van der Waals surface area contributed by atoms with Crippen molar-refractivity contribution in [2.45, 2.75) is 20.8 Å². The molecule has 25 heavy (non-hydrogen) atoms. The normalized spacial score (nSPS) is 10.9. The van der Waals surface area contributed by atoms with E-state index in [1.54, 1.807) is 18.3 Å². The van der Waals surface area contributed by atoms with E-state index in [1.807, 2.05) is 37.3 Å². The number of hydrogen-bond donors (Lipinski definition) is 2. The summed E-state index contributed by atoms with van der Waals surface area (Å²) < 4.78 is 11.6. The number of rotatable bonds is 6. The molecule has 3 aromatic rings. The second-order valence-electron chi connectivity index (χ2n) is 6.41. The van der Waals surface area contributed by atoms with Crippen LogP contribution < -0.4 is 9.47 Å². The van der Waals surface area contributed by atoms with Crippen molar-refractivity contribution in [3.8, 4) is 34.3 Å². The van der Waals surface area contributed by atoms with Crippen LogP contribution in [0.15, 0.2) is 48.7 Å². The topological polar surface area (TPSA) is 67.4 Å². The van der Waals surface area contributed by atoms with Crippen molar-refractivity contribution in [2.24, 2.45) is 5.92 Å². The molecule has 0 aliphatic carbocycles. The summed E-state index contributed by atoms with van der Waals surface area (Å²) in [6.07, 6.45) is 1.60. The Kier molecular flexibility index (Phi) is 4.93. The van der Waals surface area contributed by atoms with Crippen molar-refractivity contribution < 1.29 is 14.6 Å². The zero-order valence-electron chi connectivity index (χ0n) is 14.6. The number of phenols is 1. The van der Waals surface area contributed by atoms with Gasteiger partial charge in [-0.15, -0.1) is 0 Å². The lowest BCUT2D eigenvalue weighted by atomic mass is 10.1. The van der Waals surface area contributed by atoms with Crippen molar-refractivity contribution in [1.82, 2.24) is 10.2 Å². The van der Waals surface area contributed by atoms with Gasteiger partial charge in [0.1, 0.15) is 22.9 Å². The zero-order chi connectivity index (χ0) is 17.8. The van der Waals surface area contributed by atoms with Gasteiger partial charge in [-0.1, -0.05) is 26.0 Å². The Hall–Kier alpha value is -2.95. The molecule has 1 aromatic heterocycles. The number of ether oxygens (including phenoxy) is 2. The van der Waals surface area contributed by atoms with Crippen molar-refractivity contribution in [3.63, 3.8) is 0 Å². The van der Waals surface area contributed by atoms with Gasteiger partial charge >= 0.3 is 0 Å². The number of hydrogen-bond acceptors (Lipinski definition) is 4. The maximum absolute atomic E-state index is 10.4. The van der Waals surface area contributed by atoms with Crippen LogP contribution >= 0.6 is 0 Å². The van der Waals surface area contributed by atoms with Gasteiger partial charge in [0.25, 0.3) is 0 Å². The number of phenolic OH excluding ortho intramolecular Hbond substituents is 1. The van der Waals surface area contributed by atoms with Gasteiger partial charge in [-0.05, 0) is 42.7 Å². The predicted octanol–water partition coefficient (Wildman–Crippen LogP) is 4.92. The molecule has 2 aromatic carbocycles. The first-order valence-corrected chi connectivity index (χ1v) is 8.27. The number of aromatic nitrogens is 2. The van der Waals surface area contributed by atoms with E-state index >= 15 is 0 Å². The van der Waals surface area contributed by atoms with Crippen molar-refractivity contribution in [1.29, 1.82) is 0 Å². The summed E-state index contributed by atoms with van der Waals surface area (Å²) in [5, 5.41) is 17.3. The highest BCUT2D eigenvalue weighted by Gasteiger charge is 2.15. The maximum Gasteiger partial charge on any atom is 0.173 e. The van der Waals surface area contributed by atoms with Crippen LogP contribution in [-0.2, 0) is 0 Å². The van der Waals surface area contributed by atoms with Gasteiger partial charge in [0, 0.05) is 11.6 Å². The number of nitrogens with zero attached hydrogens (tertiary/aromatic N) is 1. The number of nitrogens with one attached hydrogen (secondary N) is 1. The van der Waals surface area contributed by atoms with Crippen molar-refractivity contribution in [2.75, 3.05) is 6.61 Å². The van der Waals surface area contributed by atoms with Crippen LogP contribution in [0, 0.1) is 12.8 Å². The minimum absolute atomic E-state index is 0.111. The summed E-state index contributed by atoms with van der Waals surface area (Å²) in [4.78, 5) is 0. The van der Waals surface area contributed by atoms with E-state index in [-0.39, 0.29) is 5.75 Å². The number of aromatic amines is 1. The van der Waals surface area contributed by atoms with Crippen LogP contribution in [0.1, 0.15) is 19.4 Å². The molecule has 0 saturated heterocycles. The van der Waals surface area contributed by atoms with Gasteiger partial charge in [0.15, 0.2) is 5.75 Å². The zero-order valence-corrected chi connectivity index (χ0v) is 14.6. The molecule has 0 aliphatic heterocycles. The molecule has 0 saturated carbocycles. The molecule has 0 aliphatic rings. The molecule has 0 unspecified atom stereocenters. The van der Waals surface area contributed by atoms with E-state index in [0.717, 1.165) is 11.3 Å². The van der Waals surface area contributed by atoms with E-state index in [0.29, 0.717) is 35.3 Å². The van der Waals surface area contributed by atoms with Crippen LogP contribution in [-0.4, -0.2) is 21.9 Å². The van der Waals surface area contributed by atoms with Crippen LogP contribution in [0.25, 0.3) is 11.3 Å². The third-order valence-electron chi connectivity index (χ3n) is 3.64. The lowest BCUT2D eigenvalue weighted by molar-refractivity contribution is 0.270. The molecular weight excluding hydrogens is 316 g/mol. The lowest BCUT2D eigenvalue weighted by Gasteiger charge is -2.11. The molecule has 5 heteroatoms. The molecule has 3 rings (SSSR count). The van der Waals surface area contributed by atoms with Crippen LogP contribution in [0.5, 0.6) is 23.0 Å². The van der Waals surface area contributed by atoms with E-state index < -0.39 is 0 Å². The highest BCUT2D eigenvalue weighted by atomic mass is 16.5. The third kappa shape index (κ3) is 4.12. The van der Waals surface area contributed by atoms with E-state index in [1.165, 1.54) is 0 Å². The molecule has 130 valence electrons. The van der Waals surface area contributed by atoms with Crippen molar-refractivity contribution >= 4 is 0 Å². The fourth-order valence-corrected chi connectivity index (χ4v) is 2.43. The minimum Gasteiger partial charge on any atom is -0.507 e. The van der Waals surface area contributed by atoms with Crippen LogP contribution in [0.3, 0.4) is 0 Å². The van der Waals surface area contributed by atoms with Crippen LogP contribution in [0.2, 0.25) is 0 Å². The number of aromatic hydroxyl groups is 1. The average molecular weight is 338 g/mol. The molecule has 0 amide bonds. The first kappa shape index (κ1) is 16.9. The highest BCUT2D eigenvalue weighted by molar-refractivity contribution is 5.73. The summed E-state index contributed by atoms with van der Waals surface area (Å²) >= 11 is 0. The Bertz CT molecular complexity index is 856. The number of aryl methyl sites for hydroxylation is 1. The van der Waals surface area contributed by atoms with Gasteiger partial charge in [-0.3, -0.25) is 5.10 Å². The Morgan fingerprint density at radius 2 is 1.96 bits per heavy atom. The molecule has 0 fully saturated rings. The van der Waals surface area contributed by atoms with Gasteiger partial charge in [-0.2, -0.15) is 5.10 Å². The molecule has 0 bridgehead atoms. The maximum atomic E-state index is 10.4. The molecule has 2 N–H and O–H groups in total. The van der Waals surface area contributed by atoms with E-state index in [4.69, 9.17) is 9.47 Å². The average Bonchev–Trinajstić information content (AvgIpc) is 3.01. The highest BCUT2D eigenvalue weighted by Crippen LogP contribution is 2.38. The summed E-state index contributed by atoms with van der Waals surface area (Å²) in [6.45, 7) is 6.76. The largest absolute Gasteiger partial charge is 0.507 e. The van der Waals surface area contributed by atoms with Gasteiger partial charge < -0.3 is 14.6 Å². The van der Waals surface area contributed by atoms with E-state index in [9.17, 15) is 5.11 Å². The summed E-state index contributed by atoms with van der Waals surface area (Å²) in [6, 6.07) is 13.0. The van der Waals surface area contributed by atoms with Crippen LogP contribution in [0.4, 0.5) is 0 Å². The summed E-state index contributed by atoms with van der Waals surface area (Å²) in [5.74, 6) is 2.44. The van der Waals surface area contributed by atoms with Gasteiger partial charge in [0.2, 0.25) is 0 Å². The molecule has 1 heterocycles. The Morgan fingerprint density at radius 3 is 2.68 bits per heavy atom. The number of H-pyrrole nitrogens is 1. The Morgan fingerprint density at radius 1 is 1.12 bits per heavy atom. The molecule has 0 radical (unpaired) electrons. The predicted molar refractivity (Wildman–Crippen MR) is 97.3 cm³/mol. The Balaban J connectivity index is 1.84. The standard InChI is InChI=1S/C20H22N2O3/c1-13(2)12-24-15-7-8-17(18(23)10-15)20-19(11-21-22-20)25-16-6-4-5-14(3)9-16/h4-11,13,23H,12H2,1-3H3,(H,21,22). The van der Waals surface area contributed by atoms with Crippen molar-refractivity contribution in [3.05, 3.63) is 54.2 Å².